The largest absolute Gasteiger partial charge is 0.416 e. The molecule has 170 valence electrons. The summed E-state index contributed by atoms with van der Waals surface area (Å²) in [6.45, 7) is 4.39. The van der Waals surface area contributed by atoms with Crippen LogP contribution in [0.15, 0.2) is 40.0 Å². The Kier molecular flexibility index (Phi) is 6.52. The van der Waals surface area contributed by atoms with Crippen molar-refractivity contribution in [3.63, 3.8) is 0 Å². The monoisotopic (exact) mass is 477 g/mol. The molecule has 2 aromatic heterocycles. The number of hydrogen-bond acceptors (Lipinski definition) is 7. The molecule has 1 aliphatic heterocycles. The Morgan fingerprint density at radius 1 is 1.25 bits per heavy atom. The number of thioether (sulfide) groups is 1. The van der Waals surface area contributed by atoms with Crippen molar-refractivity contribution in [2.45, 2.75) is 38.5 Å². The number of carbonyl (C=O) groups excluding carboxylic acids is 1. The molecule has 3 aromatic rings. The molecule has 0 saturated carbocycles. The number of halogens is 1. The third-order valence-corrected chi connectivity index (χ3v) is 8.35. The molecule has 1 atom stereocenters. The highest BCUT2D eigenvalue weighted by Gasteiger charge is 2.29. The maximum atomic E-state index is 13.2. The van der Waals surface area contributed by atoms with E-state index in [1.807, 2.05) is 24.5 Å². The highest BCUT2D eigenvalue weighted by molar-refractivity contribution is 7.99. The van der Waals surface area contributed by atoms with E-state index in [0.717, 1.165) is 17.0 Å². The second-order valence-corrected chi connectivity index (χ2v) is 11.3. The van der Waals surface area contributed by atoms with Crippen LogP contribution in [0.5, 0.6) is 0 Å². The molecule has 0 amide bonds. The maximum absolute atomic E-state index is 13.2. The first-order chi connectivity index (χ1) is 15.2. The van der Waals surface area contributed by atoms with Gasteiger partial charge < -0.3 is 8.98 Å². The fraction of sp³-hybridized carbons (Fsp3) is 0.409. The van der Waals surface area contributed by atoms with E-state index in [9.17, 15) is 17.6 Å². The highest BCUT2D eigenvalue weighted by atomic mass is 32.2. The summed E-state index contributed by atoms with van der Waals surface area (Å²) in [5.74, 6) is 0.604. The molecule has 4 rings (SSSR count). The lowest BCUT2D eigenvalue weighted by atomic mass is 10.1. The van der Waals surface area contributed by atoms with Crippen molar-refractivity contribution in [1.29, 1.82) is 0 Å². The average Bonchev–Trinajstić information content (AvgIpc) is 3.41. The number of aromatic nitrogens is 3. The van der Waals surface area contributed by atoms with Gasteiger partial charge in [-0.3, -0.25) is 4.79 Å². The summed E-state index contributed by atoms with van der Waals surface area (Å²) in [5, 5.41) is 8.27. The van der Waals surface area contributed by atoms with Crippen LogP contribution in [-0.2, 0) is 22.8 Å². The summed E-state index contributed by atoms with van der Waals surface area (Å²) >= 11 is 1.17. The van der Waals surface area contributed by atoms with Gasteiger partial charge in [-0.2, -0.15) is 0 Å². The quantitative estimate of drug-likeness (QED) is 0.361. The standard InChI is InChI=1S/C22H24FN3O4S2/c1-14-9-19(15(2)26(14)11-16-3-5-18(23)6-4-16)20(27)12-31-22-25-24-21(30-22)10-17-7-8-32(28,29)13-17/h3-6,9,17H,7-8,10-13H2,1-2H3/t17-/m0/s1. The molecule has 1 saturated heterocycles. The van der Waals surface area contributed by atoms with Gasteiger partial charge in [0.1, 0.15) is 5.82 Å². The number of hydrogen-bond donors (Lipinski definition) is 0. The van der Waals surface area contributed by atoms with Gasteiger partial charge in [-0.25, -0.2) is 12.8 Å². The van der Waals surface area contributed by atoms with E-state index in [-0.39, 0.29) is 34.8 Å². The summed E-state index contributed by atoms with van der Waals surface area (Å²) in [6, 6.07) is 8.19. The Morgan fingerprint density at radius 2 is 2.00 bits per heavy atom. The van der Waals surface area contributed by atoms with E-state index in [0.29, 0.717) is 36.1 Å². The van der Waals surface area contributed by atoms with Crippen LogP contribution in [0.25, 0.3) is 0 Å². The molecule has 0 radical (unpaired) electrons. The van der Waals surface area contributed by atoms with Crippen LogP contribution in [0.1, 0.15) is 39.6 Å². The third kappa shape index (κ3) is 5.29. The number of benzene rings is 1. The summed E-state index contributed by atoms with van der Waals surface area (Å²) < 4.78 is 44.0. The first-order valence-electron chi connectivity index (χ1n) is 10.3. The Hall–Kier alpha value is -2.46. The van der Waals surface area contributed by atoms with Crippen molar-refractivity contribution in [2.24, 2.45) is 5.92 Å². The molecule has 3 heterocycles. The fourth-order valence-electron chi connectivity index (χ4n) is 3.96. The smallest absolute Gasteiger partial charge is 0.277 e. The number of sulfone groups is 1. The Morgan fingerprint density at radius 3 is 2.69 bits per heavy atom. The van der Waals surface area contributed by atoms with Crippen molar-refractivity contribution in [1.82, 2.24) is 14.8 Å². The van der Waals surface area contributed by atoms with Crippen LogP contribution in [0.2, 0.25) is 0 Å². The molecule has 0 aliphatic carbocycles. The van der Waals surface area contributed by atoms with Gasteiger partial charge in [-0.15, -0.1) is 10.2 Å². The number of nitrogens with zero attached hydrogens (tertiary/aromatic N) is 3. The lowest BCUT2D eigenvalue weighted by Gasteiger charge is -2.10. The molecule has 1 aliphatic rings. The summed E-state index contributed by atoms with van der Waals surface area (Å²) in [7, 11) is -2.95. The minimum atomic E-state index is -2.95. The van der Waals surface area contributed by atoms with Crippen molar-refractivity contribution in [3.8, 4) is 0 Å². The summed E-state index contributed by atoms with van der Waals surface area (Å²) in [6.07, 6.45) is 1.05. The number of aryl methyl sites for hydroxylation is 1. The number of ketones is 1. The molecule has 7 nitrogen and oxygen atoms in total. The highest BCUT2D eigenvalue weighted by Crippen LogP contribution is 2.25. The van der Waals surface area contributed by atoms with Crippen molar-refractivity contribution in [3.05, 3.63) is 64.6 Å². The molecule has 0 unspecified atom stereocenters. The second kappa shape index (κ2) is 9.19. The lowest BCUT2D eigenvalue weighted by Crippen LogP contribution is -2.07. The number of rotatable bonds is 8. The van der Waals surface area contributed by atoms with Gasteiger partial charge in [0.05, 0.1) is 17.3 Å². The van der Waals surface area contributed by atoms with Gasteiger partial charge >= 0.3 is 0 Å². The minimum absolute atomic E-state index is 0.00595. The van der Waals surface area contributed by atoms with Gasteiger partial charge in [0.2, 0.25) is 5.89 Å². The lowest BCUT2D eigenvalue weighted by molar-refractivity contribution is 0.102. The Bertz CT molecular complexity index is 1230. The first kappa shape index (κ1) is 22.7. The zero-order chi connectivity index (χ0) is 22.9. The predicted octanol–water partition coefficient (Wildman–Crippen LogP) is 3.63. The Balaban J connectivity index is 1.36. The van der Waals surface area contributed by atoms with E-state index >= 15 is 0 Å². The number of carbonyl (C=O) groups is 1. The SMILES string of the molecule is Cc1cc(C(=O)CSc2nnc(C[C@@H]3CCS(=O)(=O)C3)o2)c(C)n1Cc1ccc(F)cc1. The molecular weight excluding hydrogens is 453 g/mol. The second-order valence-electron chi connectivity index (χ2n) is 8.14. The molecule has 1 aromatic carbocycles. The third-order valence-electron chi connectivity index (χ3n) is 5.69. The van der Waals surface area contributed by atoms with Crippen LogP contribution < -0.4 is 0 Å². The van der Waals surface area contributed by atoms with E-state index < -0.39 is 9.84 Å². The van der Waals surface area contributed by atoms with Gasteiger partial charge in [0.15, 0.2) is 15.6 Å². The normalized spacial score (nSPS) is 17.7. The number of Topliss-reactive ketones (excluding diaryl/α,β-unsaturated/α-hetero) is 1. The molecule has 1 fully saturated rings. The predicted molar refractivity (Wildman–Crippen MR) is 119 cm³/mol. The van der Waals surface area contributed by atoms with E-state index in [4.69, 9.17) is 4.42 Å². The van der Waals surface area contributed by atoms with Crippen molar-refractivity contribution < 1.29 is 22.0 Å². The topological polar surface area (TPSA) is 95.1 Å². The minimum Gasteiger partial charge on any atom is -0.416 e. The molecule has 0 N–H and O–H groups in total. The van der Waals surface area contributed by atoms with E-state index in [1.165, 1.54) is 23.9 Å². The van der Waals surface area contributed by atoms with Gasteiger partial charge in [0.25, 0.3) is 5.22 Å². The zero-order valence-electron chi connectivity index (χ0n) is 17.9. The summed E-state index contributed by atoms with van der Waals surface area (Å²) in [5.41, 5.74) is 3.39. The van der Waals surface area contributed by atoms with Crippen molar-refractivity contribution in [2.75, 3.05) is 17.3 Å². The average molecular weight is 478 g/mol. The van der Waals surface area contributed by atoms with Gasteiger partial charge in [-0.05, 0) is 49.9 Å². The van der Waals surface area contributed by atoms with Crippen molar-refractivity contribution >= 4 is 27.4 Å². The molecule has 0 spiro atoms. The molecule has 0 bridgehead atoms. The van der Waals surface area contributed by atoms with E-state index in [2.05, 4.69) is 10.2 Å². The van der Waals surface area contributed by atoms with Crippen LogP contribution in [0.4, 0.5) is 4.39 Å². The van der Waals surface area contributed by atoms with Crippen LogP contribution in [-0.4, -0.2) is 46.2 Å². The summed E-state index contributed by atoms with van der Waals surface area (Å²) in [4.78, 5) is 12.8. The molecule has 10 heteroatoms. The van der Waals surface area contributed by atoms with Crippen LogP contribution in [0, 0.1) is 25.6 Å². The maximum Gasteiger partial charge on any atom is 0.277 e. The zero-order valence-corrected chi connectivity index (χ0v) is 19.5. The van der Waals surface area contributed by atoms with E-state index in [1.54, 1.807) is 12.1 Å². The fourth-order valence-corrected chi connectivity index (χ4v) is 6.49. The van der Waals surface area contributed by atoms with Crippen LogP contribution in [0.3, 0.4) is 0 Å². The van der Waals surface area contributed by atoms with Gasteiger partial charge in [0, 0.05) is 29.9 Å². The first-order valence-corrected chi connectivity index (χ1v) is 13.1. The molecule has 32 heavy (non-hydrogen) atoms. The Labute approximate surface area is 190 Å². The van der Waals surface area contributed by atoms with Gasteiger partial charge in [-0.1, -0.05) is 23.9 Å². The van der Waals surface area contributed by atoms with Crippen LogP contribution >= 0.6 is 11.8 Å². The molecular formula is C22H24FN3O4S2.